The van der Waals surface area contributed by atoms with Crippen LogP contribution in [0.3, 0.4) is 0 Å². The number of carbonyl (C=O) groups is 1. The van der Waals surface area contributed by atoms with Gasteiger partial charge in [0.1, 0.15) is 6.54 Å². The van der Waals surface area contributed by atoms with Crippen LogP contribution in [-0.4, -0.2) is 34.9 Å². The maximum Gasteiger partial charge on any atom is 0.275 e. The summed E-state index contributed by atoms with van der Waals surface area (Å²) < 4.78 is 6.73. The van der Waals surface area contributed by atoms with E-state index in [1.54, 1.807) is 24.3 Å². The number of rotatable bonds is 5. The van der Waals surface area contributed by atoms with Crippen LogP contribution in [-0.2, 0) is 16.1 Å². The zero-order valence-corrected chi connectivity index (χ0v) is 16.0. The van der Waals surface area contributed by atoms with Crippen LogP contribution in [0.15, 0.2) is 53.3 Å². The van der Waals surface area contributed by atoms with Crippen molar-refractivity contribution in [3.8, 4) is 11.3 Å². The second-order valence-electron chi connectivity index (χ2n) is 6.80. The van der Waals surface area contributed by atoms with Crippen molar-refractivity contribution in [1.29, 1.82) is 0 Å². The predicted octanol–water partition coefficient (Wildman–Crippen LogP) is 3.01. The number of fused-ring (bicyclic) bond motifs is 1. The van der Waals surface area contributed by atoms with E-state index in [4.69, 9.17) is 16.3 Å². The molecule has 2 heterocycles. The topological polar surface area (TPSA) is 73.2 Å². The molecular weight excluding hydrogens is 378 g/mol. The molecule has 1 amide bonds. The van der Waals surface area contributed by atoms with Gasteiger partial charge in [0.05, 0.1) is 17.2 Å². The lowest BCUT2D eigenvalue weighted by molar-refractivity contribution is -0.122. The Balaban J connectivity index is 1.66. The Bertz CT molecular complexity index is 1060. The maximum atomic E-state index is 12.8. The molecule has 0 bridgehead atoms. The van der Waals surface area contributed by atoms with E-state index in [9.17, 15) is 9.59 Å². The van der Waals surface area contributed by atoms with Crippen LogP contribution in [0.2, 0.25) is 5.02 Å². The molecule has 1 aliphatic rings. The third kappa shape index (κ3) is 3.93. The van der Waals surface area contributed by atoms with Gasteiger partial charge < -0.3 is 10.1 Å². The van der Waals surface area contributed by atoms with Crippen molar-refractivity contribution in [3.63, 3.8) is 0 Å². The Hall–Kier alpha value is -2.70. The minimum Gasteiger partial charge on any atom is -0.376 e. The molecule has 1 fully saturated rings. The zero-order valence-electron chi connectivity index (χ0n) is 15.2. The molecule has 1 aromatic heterocycles. The van der Waals surface area contributed by atoms with Crippen molar-refractivity contribution in [2.75, 3.05) is 13.2 Å². The van der Waals surface area contributed by atoms with Gasteiger partial charge in [0.2, 0.25) is 5.91 Å². The molecule has 3 aromatic rings. The van der Waals surface area contributed by atoms with Gasteiger partial charge in [0, 0.05) is 29.1 Å². The van der Waals surface area contributed by atoms with Crippen molar-refractivity contribution in [2.45, 2.75) is 25.5 Å². The molecule has 0 radical (unpaired) electrons. The second kappa shape index (κ2) is 8.12. The lowest BCUT2D eigenvalue weighted by Gasteiger charge is -2.13. The van der Waals surface area contributed by atoms with Crippen LogP contribution in [0.1, 0.15) is 12.8 Å². The van der Waals surface area contributed by atoms with Crippen LogP contribution in [0.25, 0.3) is 22.0 Å². The number of nitrogens with one attached hydrogen (secondary N) is 1. The Morgan fingerprint density at radius 3 is 2.64 bits per heavy atom. The van der Waals surface area contributed by atoms with Gasteiger partial charge in [-0.05, 0) is 31.0 Å². The Kier molecular flexibility index (Phi) is 5.41. The molecule has 7 heteroatoms. The Morgan fingerprint density at radius 2 is 1.93 bits per heavy atom. The molecule has 4 rings (SSSR count). The molecule has 0 aliphatic carbocycles. The highest BCUT2D eigenvalue weighted by Crippen LogP contribution is 2.25. The van der Waals surface area contributed by atoms with E-state index in [0.717, 1.165) is 30.4 Å². The van der Waals surface area contributed by atoms with E-state index in [1.807, 2.05) is 24.3 Å². The molecule has 1 atom stereocenters. The minimum absolute atomic E-state index is 0.0508. The fourth-order valence-electron chi connectivity index (χ4n) is 3.39. The molecule has 28 heavy (non-hydrogen) atoms. The van der Waals surface area contributed by atoms with Gasteiger partial charge in [-0.3, -0.25) is 9.59 Å². The molecule has 0 saturated carbocycles. The van der Waals surface area contributed by atoms with Crippen LogP contribution >= 0.6 is 11.6 Å². The number of halogens is 1. The lowest BCUT2D eigenvalue weighted by atomic mass is 10.1. The quantitative estimate of drug-likeness (QED) is 0.718. The molecule has 6 nitrogen and oxygen atoms in total. The number of ether oxygens (including phenoxy) is 1. The third-order valence-corrected chi connectivity index (χ3v) is 5.08. The van der Waals surface area contributed by atoms with Gasteiger partial charge in [-0.1, -0.05) is 41.9 Å². The summed E-state index contributed by atoms with van der Waals surface area (Å²) in [6, 6.07) is 14.5. The highest BCUT2D eigenvalue weighted by atomic mass is 35.5. The van der Waals surface area contributed by atoms with Gasteiger partial charge in [-0.15, -0.1) is 0 Å². The molecule has 144 valence electrons. The fourth-order valence-corrected chi connectivity index (χ4v) is 3.51. The largest absolute Gasteiger partial charge is 0.376 e. The SMILES string of the molecule is O=C(Cn1nc(-c2ccc(Cl)cc2)c2ccccc2c1=O)NC[C@H]1CCCO1. The summed E-state index contributed by atoms with van der Waals surface area (Å²) in [5, 5.41) is 9.21. The normalized spacial score (nSPS) is 16.4. The van der Waals surface area contributed by atoms with E-state index in [1.165, 1.54) is 4.68 Å². The molecule has 0 spiro atoms. The van der Waals surface area contributed by atoms with E-state index >= 15 is 0 Å². The van der Waals surface area contributed by atoms with Gasteiger partial charge in [-0.25, -0.2) is 4.68 Å². The number of hydrogen-bond donors (Lipinski definition) is 1. The average molecular weight is 398 g/mol. The molecule has 1 saturated heterocycles. The van der Waals surface area contributed by atoms with Crippen LogP contribution in [0, 0.1) is 0 Å². The first-order valence-corrected chi connectivity index (χ1v) is 9.64. The van der Waals surface area contributed by atoms with Gasteiger partial charge in [-0.2, -0.15) is 5.10 Å². The van der Waals surface area contributed by atoms with Crippen molar-refractivity contribution in [1.82, 2.24) is 15.1 Å². The van der Waals surface area contributed by atoms with E-state index in [-0.39, 0.29) is 24.1 Å². The highest BCUT2D eigenvalue weighted by Gasteiger charge is 2.18. The molecule has 1 N–H and O–H groups in total. The van der Waals surface area contributed by atoms with E-state index in [2.05, 4.69) is 10.4 Å². The lowest BCUT2D eigenvalue weighted by Crippen LogP contribution is -2.37. The summed E-state index contributed by atoms with van der Waals surface area (Å²) in [4.78, 5) is 25.2. The van der Waals surface area contributed by atoms with Gasteiger partial charge in [0.15, 0.2) is 0 Å². The van der Waals surface area contributed by atoms with Crippen LogP contribution < -0.4 is 10.9 Å². The summed E-state index contributed by atoms with van der Waals surface area (Å²) in [7, 11) is 0. The number of amides is 1. The summed E-state index contributed by atoms with van der Waals surface area (Å²) >= 11 is 5.99. The highest BCUT2D eigenvalue weighted by molar-refractivity contribution is 6.30. The van der Waals surface area contributed by atoms with Gasteiger partial charge >= 0.3 is 0 Å². The first-order chi connectivity index (χ1) is 13.6. The number of hydrogen-bond acceptors (Lipinski definition) is 4. The Labute approximate surface area is 167 Å². The fraction of sp³-hybridized carbons (Fsp3) is 0.286. The van der Waals surface area contributed by atoms with E-state index in [0.29, 0.717) is 22.6 Å². The monoisotopic (exact) mass is 397 g/mol. The van der Waals surface area contributed by atoms with Crippen LogP contribution in [0.4, 0.5) is 0 Å². The Morgan fingerprint density at radius 1 is 1.18 bits per heavy atom. The van der Waals surface area contributed by atoms with Crippen molar-refractivity contribution in [2.24, 2.45) is 0 Å². The van der Waals surface area contributed by atoms with Gasteiger partial charge in [0.25, 0.3) is 5.56 Å². The molecule has 2 aromatic carbocycles. The van der Waals surface area contributed by atoms with Crippen molar-refractivity contribution in [3.05, 3.63) is 63.9 Å². The summed E-state index contributed by atoms with van der Waals surface area (Å²) in [6.07, 6.45) is 2.00. The number of benzene rings is 2. The standard InChI is InChI=1S/C21H20ClN3O3/c22-15-9-7-14(8-10-15)20-17-5-1-2-6-18(17)21(27)25(24-20)13-19(26)23-12-16-4-3-11-28-16/h1-2,5-10,16H,3-4,11-13H2,(H,23,26)/t16-/m1/s1. The van der Waals surface area contributed by atoms with Crippen molar-refractivity contribution < 1.29 is 9.53 Å². The molecule has 1 aliphatic heterocycles. The number of carbonyl (C=O) groups excluding carboxylic acids is 1. The first-order valence-electron chi connectivity index (χ1n) is 9.26. The average Bonchev–Trinajstić information content (AvgIpc) is 3.23. The maximum absolute atomic E-state index is 12.8. The molecule has 0 unspecified atom stereocenters. The van der Waals surface area contributed by atoms with Crippen LogP contribution in [0.5, 0.6) is 0 Å². The first kappa shape index (κ1) is 18.7. The number of nitrogens with zero attached hydrogens (tertiary/aromatic N) is 2. The number of aromatic nitrogens is 2. The summed E-state index contributed by atoms with van der Waals surface area (Å²) in [6.45, 7) is 1.04. The third-order valence-electron chi connectivity index (χ3n) is 4.83. The predicted molar refractivity (Wildman–Crippen MR) is 108 cm³/mol. The smallest absolute Gasteiger partial charge is 0.275 e. The zero-order chi connectivity index (χ0) is 19.5. The second-order valence-corrected chi connectivity index (χ2v) is 7.24. The molecular formula is C21H20ClN3O3. The minimum atomic E-state index is -0.291. The summed E-state index contributed by atoms with van der Waals surface area (Å²) in [5.41, 5.74) is 1.17. The van der Waals surface area contributed by atoms with Crippen molar-refractivity contribution >= 4 is 28.3 Å². The van der Waals surface area contributed by atoms with E-state index < -0.39 is 0 Å². The summed E-state index contributed by atoms with van der Waals surface area (Å²) in [5.74, 6) is -0.262.